The van der Waals surface area contributed by atoms with Gasteiger partial charge >= 0.3 is 0 Å². The highest BCUT2D eigenvalue weighted by Gasteiger charge is 2.13. The molecule has 0 N–H and O–H groups in total. The number of nitrogens with zero attached hydrogens (tertiary/aromatic N) is 3. The van der Waals surface area contributed by atoms with E-state index in [-0.39, 0.29) is 11.6 Å². The highest BCUT2D eigenvalue weighted by molar-refractivity contribution is 9.10. The maximum Gasteiger partial charge on any atom is 0.270 e. The average Bonchev–Trinajstić information content (AvgIpc) is 2.97. The van der Waals surface area contributed by atoms with Crippen molar-refractivity contribution in [3.8, 4) is 22.9 Å². The Labute approximate surface area is 127 Å². The van der Waals surface area contributed by atoms with E-state index in [1.165, 1.54) is 12.1 Å². The Kier molecular flexibility index (Phi) is 3.49. The first-order valence-electron chi connectivity index (χ1n) is 5.98. The Hall–Kier alpha value is -2.54. The van der Waals surface area contributed by atoms with E-state index in [9.17, 15) is 10.1 Å². The maximum absolute atomic E-state index is 10.8. The van der Waals surface area contributed by atoms with E-state index in [0.717, 1.165) is 10.0 Å². The molecule has 0 saturated heterocycles. The quantitative estimate of drug-likeness (QED) is 0.527. The van der Waals surface area contributed by atoms with Gasteiger partial charge in [0.2, 0.25) is 11.8 Å². The normalized spacial score (nSPS) is 10.5. The first kappa shape index (κ1) is 13.4. The summed E-state index contributed by atoms with van der Waals surface area (Å²) in [6.45, 7) is 0. The molecule has 0 bridgehead atoms. The largest absolute Gasteiger partial charge is 0.416 e. The Morgan fingerprint density at radius 3 is 2.24 bits per heavy atom. The lowest BCUT2D eigenvalue weighted by Gasteiger charge is -1.96. The van der Waals surface area contributed by atoms with Gasteiger partial charge < -0.3 is 4.42 Å². The number of aromatic nitrogens is 2. The van der Waals surface area contributed by atoms with E-state index >= 15 is 0 Å². The third kappa shape index (κ3) is 2.82. The SMILES string of the molecule is O=[N+]([O-])c1cccc(-c2nnc(-c3cccc(Br)c3)o2)c1. The molecule has 0 unspecified atom stereocenters. The van der Waals surface area contributed by atoms with Crippen molar-refractivity contribution >= 4 is 21.6 Å². The van der Waals surface area contributed by atoms with E-state index in [0.29, 0.717) is 11.5 Å². The zero-order valence-corrected chi connectivity index (χ0v) is 12.1. The summed E-state index contributed by atoms with van der Waals surface area (Å²) >= 11 is 3.37. The number of halogens is 1. The van der Waals surface area contributed by atoms with Crippen LogP contribution in [-0.4, -0.2) is 15.1 Å². The van der Waals surface area contributed by atoms with Crippen molar-refractivity contribution in [2.45, 2.75) is 0 Å². The lowest BCUT2D eigenvalue weighted by atomic mass is 10.2. The lowest BCUT2D eigenvalue weighted by Crippen LogP contribution is -1.88. The van der Waals surface area contributed by atoms with Crippen molar-refractivity contribution in [3.05, 3.63) is 63.1 Å². The van der Waals surface area contributed by atoms with Crippen LogP contribution in [-0.2, 0) is 0 Å². The molecule has 0 radical (unpaired) electrons. The minimum absolute atomic E-state index is 0.0188. The third-order valence-corrected chi connectivity index (χ3v) is 3.29. The van der Waals surface area contributed by atoms with Gasteiger partial charge in [-0.1, -0.05) is 28.1 Å². The van der Waals surface area contributed by atoms with E-state index in [1.54, 1.807) is 12.1 Å². The third-order valence-electron chi connectivity index (χ3n) is 2.80. The van der Waals surface area contributed by atoms with Crippen LogP contribution >= 0.6 is 15.9 Å². The van der Waals surface area contributed by atoms with Gasteiger partial charge in [0.15, 0.2) is 0 Å². The molecular formula is C14H8BrN3O3. The molecular weight excluding hydrogens is 338 g/mol. The highest BCUT2D eigenvalue weighted by Crippen LogP contribution is 2.27. The van der Waals surface area contributed by atoms with Crippen LogP contribution < -0.4 is 0 Å². The smallest absolute Gasteiger partial charge is 0.270 e. The van der Waals surface area contributed by atoms with Crippen LogP contribution in [0, 0.1) is 10.1 Å². The van der Waals surface area contributed by atoms with Gasteiger partial charge in [-0.05, 0) is 24.3 Å². The lowest BCUT2D eigenvalue weighted by molar-refractivity contribution is -0.384. The van der Waals surface area contributed by atoms with Crippen LogP contribution in [0.15, 0.2) is 57.4 Å². The molecule has 3 rings (SSSR count). The van der Waals surface area contributed by atoms with Gasteiger partial charge in [0.1, 0.15) is 0 Å². The molecule has 0 amide bonds. The van der Waals surface area contributed by atoms with Gasteiger partial charge in [-0.15, -0.1) is 10.2 Å². The van der Waals surface area contributed by atoms with Gasteiger partial charge in [0, 0.05) is 27.7 Å². The van der Waals surface area contributed by atoms with E-state index in [1.807, 2.05) is 24.3 Å². The summed E-state index contributed by atoms with van der Waals surface area (Å²) in [4.78, 5) is 10.3. The van der Waals surface area contributed by atoms with Crippen molar-refractivity contribution in [1.29, 1.82) is 0 Å². The molecule has 21 heavy (non-hydrogen) atoms. The number of benzene rings is 2. The summed E-state index contributed by atoms with van der Waals surface area (Å²) in [5, 5.41) is 18.7. The number of rotatable bonds is 3. The molecule has 0 fully saturated rings. The first-order valence-corrected chi connectivity index (χ1v) is 6.77. The van der Waals surface area contributed by atoms with Gasteiger partial charge in [-0.3, -0.25) is 10.1 Å². The van der Waals surface area contributed by atoms with E-state index < -0.39 is 4.92 Å². The molecule has 0 atom stereocenters. The first-order chi connectivity index (χ1) is 10.1. The summed E-state index contributed by atoms with van der Waals surface area (Å²) in [5.74, 6) is 0.603. The summed E-state index contributed by atoms with van der Waals surface area (Å²) in [5.41, 5.74) is 1.27. The van der Waals surface area contributed by atoms with Crippen LogP contribution in [0.4, 0.5) is 5.69 Å². The zero-order chi connectivity index (χ0) is 14.8. The molecule has 2 aromatic carbocycles. The Morgan fingerprint density at radius 1 is 1.00 bits per heavy atom. The molecule has 104 valence electrons. The van der Waals surface area contributed by atoms with Crippen molar-refractivity contribution in [2.75, 3.05) is 0 Å². The molecule has 7 heteroatoms. The predicted molar refractivity (Wildman–Crippen MR) is 79.5 cm³/mol. The van der Waals surface area contributed by atoms with Crippen LogP contribution in [0.1, 0.15) is 0 Å². The van der Waals surface area contributed by atoms with Crippen LogP contribution in [0.3, 0.4) is 0 Å². The summed E-state index contributed by atoms with van der Waals surface area (Å²) in [7, 11) is 0. The average molecular weight is 346 g/mol. The monoisotopic (exact) mass is 345 g/mol. The molecule has 0 spiro atoms. The van der Waals surface area contributed by atoms with Crippen molar-refractivity contribution in [1.82, 2.24) is 10.2 Å². The number of nitro benzene ring substituents is 1. The Morgan fingerprint density at radius 2 is 1.62 bits per heavy atom. The molecule has 1 heterocycles. The van der Waals surface area contributed by atoms with Crippen molar-refractivity contribution in [2.24, 2.45) is 0 Å². The van der Waals surface area contributed by atoms with Crippen LogP contribution in [0.5, 0.6) is 0 Å². The second kappa shape index (κ2) is 5.45. The minimum Gasteiger partial charge on any atom is -0.416 e. The maximum atomic E-state index is 10.8. The zero-order valence-electron chi connectivity index (χ0n) is 10.6. The summed E-state index contributed by atoms with van der Waals surface area (Å²) in [6, 6.07) is 13.5. The summed E-state index contributed by atoms with van der Waals surface area (Å²) in [6.07, 6.45) is 0. The molecule has 0 aliphatic heterocycles. The van der Waals surface area contributed by atoms with Crippen molar-refractivity contribution < 1.29 is 9.34 Å². The molecule has 3 aromatic rings. The second-order valence-electron chi connectivity index (χ2n) is 4.23. The van der Waals surface area contributed by atoms with Crippen LogP contribution in [0.2, 0.25) is 0 Å². The van der Waals surface area contributed by atoms with Gasteiger partial charge in [0.25, 0.3) is 5.69 Å². The number of nitro groups is 1. The molecule has 1 aromatic heterocycles. The van der Waals surface area contributed by atoms with E-state index in [4.69, 9.17) is 4.42 Å². The Bertz CT molecular complexity index is 816. The number of hydrogen-bond donors (Lipinski definition) is 0. The minimum atomic E-state index is -0.463. The van der Waals surface area contributed by atoms with Gasteiger partial charge in [-0.2, -0.15) is 0 Å². The molecule has 0 aliphatic carbocycles. The van der Waals surface area contributed by atoms with Crippen molar-refractivity contribution in [3.63, 3.8) is 0 Å². The van der Waals surface area contributed by atoms with E-state index in [2.05, 4.69) is 26.1 Å². The van der Waals surface area contributed by atoms with Crippen LogP contribution in [0.25, 0.3) is 22.9 Å². The van der Waals surface area contributed by atoms with Gasteiger partial charge in [0.05, 0.1) is 4.92 Å². The standard InChI is InChI=1S/C14H8BrN3O3/c15-11-5-1-3-9(7-11)13-16-17-14(21-13)10-4-2-6-12(8-10)18(19)20/h1-8H. The number of hydrogen-bond acceptors (Lipinski definition) is 5. The summed E-state index contributed by atoms with van der Waals surface area (Å²) < 4.78 is 6.48. The topological polar surface area (TPSA) is 82.1 Å². The fourth-order valence-electron chi connectivity index (χ4n) is 1.83. The Balaban J connectivity index is 1.98. The molecule has 0 aliphatic rings. The molecule has 0 saturated carbocycles. The predicted octanol–water partition coefficient (Wildman–Crippen LogP) is 4.07. The fourth-order valence-corrected chi connectivity index (χ4v) is 2.23. The fraction of sp³-hybridized carbons (Fsp3) is 0. The highest BCUT2D eigenvalue weighted by atomic mass is 79.9. The number of non-ortho nitro benzene ring substituents is 1. The van der Waals surface area contributed by atoms with Gasteiger partial charge in [-0.25, -0.2) is 0 Å². The second-order valence-corrected chi connectivity index (χ2v) is 5.15. The molecule has 6 nitrogen and oxygen atoms in total.